The normalized spacial score (nSPS) is 13.2. The fourth-order valence-corrected chi connectivity index (χ4v) is 4.24. The lowest BCUT2D eigenvalue weighted by Crippen LogP contribution is -2.23. The molecule has 2 N–H and O–H groups in total. The van der Waals surface area contributed by atoms with Gasteiger partial charge in [0.2, 0.25) is 11.7 Å². The second kappa shape index (κ2) is 8.16. The Hall–Kier alpha value is -3.01. The van der Waals surface area contributed by atoms with Gasteiger partial charge in [0, 0.05) is 23.0 Å². The van der Waals surface area contributed by atoms with E-state index in [1.807, 2.05) is 4.40 Å². The van der Waals surface area contributed by atoms with E-state index in [9.17, 15) is 9.59 Å². The average Bonchev–Trinajstić information content (AvgIpc) is 3.15. The Morgan fingerprint density at radius 1 is 1.21 bits per heavy atom. The second-order valence-electron chi connectivity index (χ2n) is 6.63. The molecule has 1 amide bonds. The number of thioether (sulfide) groups is 1. The van der Waals surface area contributed by atoms with Gasteiger partial charge in [-0.15, -0.1) is 10.2 Å². The van der Waals surface area contributed by atoms with Gasteiger partial charge in [-0.05, 0) is 37.8 Å². The van der Waals surface area contributed by atoms with Gasteiger partial charge in [-0.3, -0.25) is 19.0 Å². The Morgan fingerprint density at radius 2 is 2.00 bits per heavy atom. The van der Waals surface area contributed by atoms with Gasteiger partial charge in [0.15, 0.2) is 16.7 Å². The maximum absolute atomic E-state index is 12.4. The number of aromatic amines is 1. The molecular formula is C19H21N5O4S. The third kappa shape index (κ3) is 3.80. The molecular weight excluding hydrogens is 394 g/mol. The second-order valence-corrected chi connectivity index (χ2v) is 7.58. The number of aromatic nitrogens is 4. The molecule has 152 valence electrons. The molecule has 4 rings (SSSR count). The zero-order chi connectivity index (χ0) is 20.4. The van der Waals surface area contributed by atoms with E-state index in [2.05, 4.69) is 20.5 Å². The van der Waals surface area contributed by atoms with Crippen molar-refractivity contribution in [2.24, 2.45) is 0 Å². The van der Waals surface area contributed by atoms with Crippen LogP contribution in [0.3, 0.4) is 0 Å². The largest absolute Gasteiger partial charge is 0.493 e. The van der Waals surface area contributed by atoms with E-state index in [1.165, 1.54) is 11.8 Å². The zero-order valence-electron chi connectivity index (χ0n) is 16.2. The quantitative estimate of drug-likeness (QED) is 0.593. The van der Waals surface area contributed by atoms with Crippen LogP contribution in [0.25, 0.3) is 5.78 Å². The number of carbonyl (C=O) groups is 1. The van der Waals surface area contributed by atoms with Crippen molar-refractivity contribution in [2.45, 2.75) is 30.8 Å². The lowest BCUT2D eigenvalue weighted by molar-refractivity contribution is -0.113. The van der Waals surface area contributed by atoms with Crippen molar-refractivity contribution in [3.05, 3.63) is 39.8 Å². The van der Waals surface area contributed by atoms with Crippen molar-refractivity contribution < 1.29 is 14.3 Å². The summed E-state index contributed by atoms with van der Waals surface area (Å²) < 4.78 is 12.3. The van der Waals surface area contributed by atoms with Crippen LogP contribution in [0, 0.1) is 0 Å². The molecule has 1 aliphatic carbocycles. The topological polar surface area (TPSA) is 111 Å². The van der Waals surface area contributed by atoms with E-state index in [4.69, 9.17) is 9.47 Å². The first-order valence-electron chi connectivity index (χ1n) is 9.24. The summed E-state index contributed by atoms with van der Waals surface area (Å²) in [7, 11) is 3.10. The van der Waals surface area contributed by atoms with Gasteiger partial charge in [0.05, 0.1) is 20.0 Å². The minimum absolute atomic E-state index is 0.0950. The molecule has 0 aliphatic heterocycles. The Morgan fingerprint density at radius 3 is 2.79 bits per heavy atom. The molecule has 0 atom stereocenters. The van der Waals surface area contributed by atoms with Crippen LogP contribution in [0.4, 0.5) is 5.69 Å². The maximum atomic E-state index is 12.4. The number of benzene rings is 1. The third-order valence-electron chi connectivity index (χ3n) is 4.84. The monoisotopic (exact) mass is 415 g/mol. The predicted molar refractivity (Wildman–Crippen MR) is 109 cm³/mol. The third-order valence-corrected chi connectivity index (χ3v) is 5.77. The SMILES string of the molecule is COc1ccc(NC(=O)CSc2nnc3[nH]c(=O)c4c(n23)CCCC4)cc1OC. The smallest absolute Gasteiger partial charge is 0.255 e. The number of methoxy groups -OCH3 is 2. The number of hydrogen-bond acceptors (Lipinski definition) is 7. The lowest BCUT2D eigenvalue weighted by Gasteiger charge is -2.16. The van der Waals surface area contributed by atoms with Crippen LogP contribution in [0.1, 0.15) is 24.1 Å². The summed E-state index contributed by atoms with van der Waals surface area (Å²) in [6, 6.07) is 5.18. The fraction of sp³-hybridized carbons (Fsp3) is 0.368. The van der Waals surface area contributed by atoms with Gasteiger partial charge in [-0.1, -0.05) is 11.8 Å². The van der Waals surface area contributed by atoms with Gasteiger partial charge in [0.1, 0.15) is 0 Å². The van der Waals surface area contributed by atoms with Crippen molar-refractivity contribution in [1.29, 1.82) is 0 Å². The van der Waals surface area contributed by atoms with E-state index >= 15 is 0 Å². The summed E-state index contributed by atoms with van der Waals surface area (Å²) in [5.74, 6) is 1.52. The molecule has 9 nitrogen and oxygen atoms in total. The van der Waals surface area contributed by atoms with Crippen molar-refractivity contribution in [2.75, 3.05) is 25.3 Å². The van der Waals surface area contributed by atoms with Gasteiger partial charge in [0.25, 0.3) is 5.56 Å². The molecule has 2 heterocycles. The van der Waals surface area contributed by atoms with E-state index in [0.29, 0.717) is 28.1 Å². The standard InChI is InChI=1S/C19H21N5O4S/c1-27-14-8-7-11(9-15(14)28-2)20-16(25)10-29-19-23-22-18-21-17(26)12-5-3-4-6-13(12)24(18)19/h7-9H,3-6,10H2,1-2H3,(H,20,25)(H,21,22,26). The molecule has 0 spiro atoms. The first kappa shape index (κ1) is 19.3. The zero-order valence-corrected chi connectivity index (χ0v) is 17.0. The van der Waals surface area contributed by atoms with E-state index in [0.717, 1.165) is 36.9 Å². The Bertz CT molecular complexity index is 1120. The van der Waals surface area contributed by atoms with Crippen LogP contribution in [-0.2, 0) is 17.6 Å². The maximum Gasteiger partial charge on any atom is 0.255 e. The minimum atomic E-state index is -0.183. The molecule has 29 heavy (non-hydrogen) atoms. The van der Waals surface area contributed by atoms with Crippen molar-refractivity contribution in [1.82, 2.24) is 19.6 Å². The van der Waals surface area contributed by atoms with Crippen LogP contribution >= 0.6 is 11.8 Å². The van der Waals surface area contributed by atoms with Crippen LogP contribution in [-0.4, -0.2) is 45.5 Å². The number of nitrogens with one attached hydrogen (secondary N) is 2. The van der Waals surface area contributed by atoms with Crippen LogP contribution < -0.4 is 20.3 Å². The summed E-state index contributed by atoms with van der Waals surface area (Å²) >= 11 is 1.28. The van der Waals surface area contributed by atoms with E-state index in [1.54, 1.807) is 32.4 Å². The van der Waals surface area contributed by atoms with Gasteiger partial charge >= 0.3 is 0 Å². The number of carbonyl (C=O) groups excluding carboxylic acids is 1. The summed E-state index contributed by atoms with van der Waals surface area (Å²) in [6.45, 7) is 0. The molecule has 3 aromatic rings. The molecule has 2 aromatic heterocycles. The van der Waals surface area contributed by atoms with Crippen LogP contribution in [0.15, 0.2) is 28.2 Å². The highest BCUT2D eigenvalue weighted by Crippen LogP contribution is 2.30. The molecule has 0 bridgehead atoms. The summed E-state index contributed by atoms with van der Waals surface area (Å²) in [6.07, 6.45) is 3.58. The van der Waals surface area contributed by atoms with E-state index < -0.39 is 0 Å². The predicted octanol–water partition coefficient (Wildman–Crippen LogP) is 2.04. The fourth-order valence-electron chi connectivity index (χ4n) is 3.49. The summed E-state index contributed by atoms with van der Waals surface area (Å²) in [5, 5.41) is 11.7. The van der Waals surface area contributed by atoms with Gasteiger partial charge < -0.3 is 14.8 Å². The number of hydrogen-bond donors (Lipinski definition) is 2. The van der Waals surface area contributed by atoms with Crippen molar-refractivity contribution in [3.63, 3.8) is 0 Å². The number of H-pyrrole nitrogens is 1. The molecule has 0 radical (unpaired) electrons. The number of ether oxygens (including phenoxy) is 2. The van der Waals surface area contributed by atoms with Crippen LogP contribution in [0.5, 0.6) is 11.5 Å². The first-order valence-corrected chi connectivity index (χ1v) is 10.2. The first-order chi connectivity index (χ1) is 14.1. The molecule has 0 unspecified atom stereocenters. The van der Waals surface area contributed by atoms with Crippen molar-refractivity contribution in [3.8, 4) is 11.5 Å². The van der Waals surface area contributed by atoms with Crippen LogP contribution in [0.2, 0.25) is 0 Å². The molecule has 1 aromatic carbocycles. The summed E-state index contributed by atoms with van der Waals surface area (Å²) in [4.78, 5) is 27.4. The molecule has 10 heteroatoms. The molecule has 0 saturated heterocycles. The summed E-state index contributed by atoms with van der Waals surface area (Å²) in [5.41, 5.74) is 2.26. The van der Waals surface area contributed by atoms with Gasteiger partial charge in [-0.25, -0.2) is 0 Å². The lowest BCUT2D eigenvalue weighted by atomic mass is 9.97. The number of rotatable bonds is 6. The minimum Gasteiger partial charge on any atom is -0.493 e. The number of amides is 1. The Kier molecular flexibility index (Phi) is 5.43. The van der Waals surface area contributed by atoms with E-state index in [-0.39, 0.29) is 17.2 Å². The number of nitrogens with zero attached hydrogens (tertiary/aromatic N) is 3. The molecule has 0 saturated carbocycles. The Labute approximate surface area is 170 Å². The highest BCUT2D eigenvalue weighted by atomic mass is 32.2. The average molecular weight is 415 g/mol. The number of fused-ring (bicyclic) bond motifs is 3. The van der Waals surface area contributed by atoms with Crippen molar-refractivity contribution >= 4 is 29.1 Å². The Balaban J connectivity index is 1.50. The highest BCUT2D eigenvalue weighted by Gasteiger charge is 2.20. The number of aryl methyl sites for hydroxylation is 1. The van der Waals surface area contributed by atoms with Gasteiger partial charge in [-0.2, -0.15) is 0 Å². The molecule has 0 fully saturated rings. The molecule has 1 aliphatic rings. The number of anilines is 1. The highest BCUT2D eigenvalue weighted by molar-refractivity contribution is 7.99.